The third-order valence-corrected chi connectivity index (χ3v) is 1.97. The minimum absolute atomic E-state index is 0.144. The predicted octanol–water partition coefficient (Wildman–Crippen LogP) is 0.783. The third-order valence-electron chi connectivity index (χ3n) is 1.97. The van der Waals surface area contributed by atoms with Crippen LogP contribution in [0.1, 0.15) is 20.3 Å². The normalized spacial score (nSPS) is 12.2. The van der Waals surface area contributed by atoms with Crippen LogP contribution in [0.2, 0.25) is 0 Å². The molecule has 0 aliphatic carbocycles. The van der Waals surface area contributed by atoms with E-state index in [4.69, 9.17) is 5.26 Å². The Hall–Kier alpha value is -1.08. The highest BCUT2D eigenvalue weighted by molar-refractivity contribution is 5.69. The fraction of sp³-hybridized carbons (Fsp3) is 0.778. The largest absolute Gasteiger partial charge is 0.469 e. The van der Waals surface area contributed by atoms with E-state index in [-0.39, 0.29) is 12.0 Å². The summed E-state index contributed by atoms with van der Waals surface area (Å²) in [6.45, 7) is 5.13. The van der Waals surface area contributed by atoms with Gasteiger partial charge in [0.15, 0.2) is 0 Å². The van der Waals surface area contributed by atoms with Crippen LogP contribution in [0.15, 0.2) is 0 Å². The second-order valence-corrected chi connectivity index (χ2v) is 2.76. The summed E-state index contributed by atoms with van der Waals surface area (Å²) in [4.78, 5) is 12.7. The van der Waals surface area contributed by atoms with E-state index >= 15 is 0 Å². The molecule has 0 saturated carbocycles. The molecule has 13 heavy (non-hydrogen) atoms. The lowest BCUT2D eigenvalue weighted by Gasteiger charge is -2.21. The number of rotatable bonds is 5. The van der Waals surface area contributed by atoms with Crippen LogP contribution in [0, 0.1) is 11.3 Å². The van der Waals surface area contributed by atoms with Gasteiger partial charge >= 0.3 is 5.97 Å². The number of ether oxygens (including phenoxy) is 1. The van der Waals surface area contributed by atoms with E-state index in [1.165, 1.54) is 7.11 Å². The van der Waals surface area contributed by atoms with Crippen molar-refractivity contribution in [1.29, 1.82) is 5.26 Å². The molecule has 0 aliphatic heterocycles. The van der Waals surface area contributed by atoms with Gasteiger partial charge in [0.25, 0.3) is 0 Å². The van der Waals surface area contributed by atoms with E-state index < -0.39 is 0 Å². The maximum Gasteiger partial charge on any atom is 0.306 e. The highest BCUT2D eigenvalue weighted by Gasteiger charge is 2.12. The molecule has 1 unspecified atom stereocenters. The third kappa shape index (κ3) is 4.48. The Bertz CT molecular complexity index is 198. The number of hydrogen-bond acceptors (Lipinski definition) is 4. The van der Waals surface area contributed by atoms with E-state index in [0.29, 0.717) is 13.0 Å². The molecule has 0 rings (SSSR count). The molecule has 0 aromatic rings. The smallest absolute Gasteiger partial charge is 0.306 e. The fourth-order valence-electron chi connectivity index (χ4n) is 1.04. The van der Waals surface area contributed by atoms with Gasteiger partial charge in [-0.05, 0) is 13.5 Å². The number of nitriles is 1. The molecule has 0 saturated heterocycles. The lowest BCUT2D eigenvalue weighted by Crippen LogP contribution is -2.33. The van der Waals surface area contributed by atoms with Crippen molar-refractivity contribution in [3.8, 4) is 6.07 Å². The number of nitrogens with zero attached hydrogens (tertiary/aromatic N) is 2. The lowest BCUT2D eigenvalue weighted by molar-refractivity contribution is -0.141. The molecule has 4 heteroatoms. The summed E-state index contributed by atoms with van der Waals surface area (Å²) in [7, 11) is 1.37. The molecule has 0 bridgehead atoms. The van der Waals surface area contributed by atoms with Crippen LogP contribution in [-0.2, 0) is 9.53 Å². The SMILES string of the molecule is CCN(CCC(=O)OC)C(C)C#N. The first-order valence-corrected chi connectivity index (χ1v) is 4.36. The molecule has 0 aromatic carbocycles. The Labute approximate surface area is 79.1 Å². The molecule has 0 N–H and O–H groups in total. The highest BCUT2D eigenvalue weighted by atomic mass is 16.5. The Morgan fingerprint density at radius 2 is 2.31 bits per heavy atom. The maximum atomic E-state index is 10.8. The van der Waals surface area contributed by atoms with Crippen molar-refractivity contribution >= 4 is 5.97 Å². The topological polar surface area (TPSA) is 53.3 Å². The summed E-state index contributed by atoms with van der Waals surface area (Å²) in [5.74, 6) is -0.233. The van der Waals surface area contributed by atoms with Crippen molar-refractivity contribution in [2.45, 2.75) is 26.3 Å². The second-order valence-electron chi connectivity index (χ2n) is 2.76. The quantitative estimate of drug-likeness (QED) is 0.592. The van der Waals surface area contributed by atoms with Gasteiger partial charge in [-0.1, -0.05) is 6.92 Å². The zero-order chi connectivity index (χ0) is 10.3. The molecule has 74 valence electrons. The van der Waals surface area contributed by atoms with E-state index in [9.17, 15) is 4.79 Å². The van der Waals surface area contributed by atoms with Gasteiger partial charge in [-0.25, -0.2) is 0 Å². The van der Waals surface area contributed by atoms with Crippen molar-refractivity contribution in [3.05, 3.63) is 0 Å². The molecular formula is C9H16N2O2. The summed E-state index contributed by atoms with van der Waals surface area (Å²) in [5, 5.41) is 8.65. The standard InChI is InChI=1S/C9H16N2O2/c1-4-11(8(2)7-10)6-5-9(12)13-3/h8H,4-6H2,1-3H3. The van der Waals surface area contributed by atoms with Crippen LogP contribution in [0.25, 0.3) is 0 Å². The van der Waals surface area contributed by atoms with Gasteiger partial charge in [0.05, 0.1) is 25.6 Å². The first-order valence-electron chi connectivity index (χ1n) is 4.36. The number of hydrogen-bond donors (Lipinski definition) is 0. The van der Waals surface area contributed by atoms with Crippen molar-refractivity contribution in [1.82, 2.24) is 4.90 Å². The summed E-state index contributed by atoms with van der Waals surface area (Å²) in [6, 6.07) is 1.99. The zero-order valence-corrected chi connectivity index (χ0v) is 8.41. The molecule has 0 amide bonds. The van der Waals surface area contributed by atoms with Gasteiger partial charge in [-0.2, -0.15) is 5.26 Å². The van der Waals surface area contributed by atoms with Gasteiger partial charge in [0.1, 0.15) is 0 Å². The molecule has 0 spiro atoms. The van der Waals surface area contributed by atoms with Crippen LogP contribution in [0.4, 0.5) is 0 Å². The minimum atomic E-state index is -0.233. The average Bonchev–Trinajstić information content (AvgIpc) is 2.17. The molecule has 0 aliphatic rings. The van der Waals surface area contributed by atoms with Crippen LogP contribution < -0.4 is 0 Å². The molecule has 4 nitrogen and oxygen atoms in total. The van der Waals surface area contributed by atoms with Crippen LogP contribution in [0.5, 0.6) is 0 Å². The van der Waals surface area contributed by atoms with Crippen LogP contribution >= 0.6 is 0 Å². The van der Waals surface area contributed by atoms with E-state index in [0.717, 1.165) is 6.54 Å². The summed E-state index contributed by atoms with van der Waals surface area (Å²) < 4.78 is 4.51. The average molecular weight is 184 g/mol. The first kappa shape index (κ1) is 11.9. The zero-order valence-electron chi connectivity index (χ0n) is 8.41. The Morgan fingerprint density at radius 3 is 2.69 bits per heavy atom. The van der Waals surface area contributed by atoms with Gasteiger partial charge in [0.2, 0.25) is 0 Å². The Kier molecular flexibility index (Phi) is 5.90. The van der Waals surface area contributed by atoms with Crippen molar-refractivity contribution in [2.24, 2.45) is 0 Å². The van der Waals surface area contributed by atoms with Gasteiger partial charge in [-0.3, -0.25) is 9.69 Å². The van der Waals surface area contributed by atoms with E-state index in [1.807, 2.05) is 18.7 Å². The number of carbonyl (C=O) groups excluding carboxylic acids is 1. The molecular weight excluding hydrogens is 168 g/mol. The van der Waals surface area contributed by atoms with Crippen molar-refractivity contribution < 1.29 is 9.53 Å². The van der Waals surface area contributed by atoms with Crippen LogP contribution in [-0.4, -0.2) is 37.1 Å². The molecule has 0 fully saturated rings. The number of esters is 1. The number of carbonyl (C=O) groups is 1. The first-order chi connectivity index (χ1) is 6.15. The molecule has 0 radical (unpaired) electrons. The summed E-state index contributed by atoms with van der Waals surface area (Å²) in [5.41, 5.74) is 0. The Morgan fingerprint density at radius 1 is 1.69 bits per heavy atom. The molecule has 1 atom stereocenters. The number of methoxy groups -OCH3 is 1. The predicted molar refractivity (Wildman–Crippen MR) is 49.0 cm³/mol. The molecule has 0 heterocycles. The monoisotopic (exact) mass is 184 g/mol. The summed E-state index contributed by atoms with van der Waals surface area (Å²) >= 11 is 0. The van der Waals surface area contributed by atoms with Crippen molar-refractivity contribution in [3.63, 3.8) is 0 Å². The summed E-state index contributed by atoms with van der Waals surface area (Å²) in [6.07, 6.45) is 0.344. The minimum Gasteiger partial charge on any atom is -0.469 e. The van der Waals surface area contributed by atoms with Gasteiger partial charge < -0.3 is 4.74 Å². The van der Waals surface area contributed by atoms with E-state index in [1.54, 1.807) is 0 Å². The highest BCUT2D eigenvalue weighted by Crippen LogP contribution is 1.99. The molecule has 0 aromatic heterocycles. The van der Waals surface area contributed by atoms with E-state index in [2.05, 4.69) is 10.8 Å². The van der Waals surface area contributed by atoms with Gasteiger partial charge in [-0.15, -0.1) is 0 Å². The van der Waals surface area contributed by atoms with Crippen LogP contribution in [0.3, 0.4) is 0 Å². The lowest BCUT2D eigenvalue weighted by atomic mass is 10.3. The van der Waals surface area contributed by atoms with Crippen molar-refractivity contribution in [2.75, 3.05) is 20.2 Å². The van der Waals surface area contributed by atoms with Gasteiger partial charge in [0, 0.05) is 6.54 Å². The fourth-order valence-corrected chi connectivity index (χ4v) is 1.04. The second kappa shape index (κ2) is 6.44. The maximum absolute atomic E-state index is 10.8. The Balaban J connectivity index is 3.86.